The predicted molar refractivity (Wildman–Crippen MR) is 88.7 cm³/mol. The molecule has 0 atom stereocenters. The Morgan fingerprint density at radius 1 is 1.10 bits per heavy atom. The van der Waals surface area contributed by atoms with E-state index in [1.54, 1.807) is 12.1 Å². The van der Waals surface area contributed by atoms with Crippen LogP contribution in [-0.2, 0) is 5.54 Å². The highest BCUT2D eigenvalue weighted by atomic mass is 79.9. The zero-order valence-corrected chi connectivity index (χ0v) is 14.8. The molecule has 0 unspecified atom stereocenters. The minimum atomic E-state index is -0.605. The third-order valence-corrected chi connectivity index (χ3v) is 4.33. The Hall–Kier alpha value is -1.20. The molecule has 5 heteroatoms. The number of hydrogen-bond donors (Lipinski definition) is 1. The van der Waals surface area contributed by atoms with Gasteiger partial charge in [-0.2, -0.15) is 0 Å². The van der Waals surface area contributed by atoms with Crippen LogP contribution >= 0.6 is 31.9 Å². The van der Waals surface area contributed by atoms with Gasteiger partial charge in [0.1, 0.15) is 5.82 Å². The van der Waals surface area contributed by atoms with E-state index in [0.717, 1.165) is 10.0 Å². The van der Waals surface area contributed by atoms with Gasteiger partial charge < -0.3 is 5.32 Å². The highest BCUT2D eigenvalue weighted by molar-refractivity contribution is 9.10. The quantitative estimate of drug-likeness (QED) is 0.750. The van der Waals surface area contributed by atoms with Crippen molar-refractivity contribution in [2.45, 2.75) is 19.4 Å². The molecule has 0 aliphatic carbocycles. The van der Waals surface area contributed by atoms with Gasteiger partial charge in [0.25, 0.3) is 5.91 Å². The number of amides is 1. The molecule has 0 fully saturated rings. The maximum atomic E-state index is 14.0. The van der Waals surface area contributed by atoms with Crippen LogP contribution in [0.5, 0.6) is 0 Å². The van der Waals surface area contributed by atoms with Crippen LogP contribution in [0.3, 0.4) is 0 Å². The fourth-order valence-electron chi connectivity index (χ4n) is 1.97. The maximum Gasteiger partial charge on any atom is 0.254 e. The molecule has 0 aromatic heterocycles. The van der Waals surface area contributed by atoms with E-state index in [1.165, 1.54) is 6.07 Å². The van der Waals surface area contributed by atoms with E-state index in [1.807, 2.05) is 38.1 Å². The van der Waals surface area contributed by atoms with Gasteiger partial charge in [0.15, 0.2) is 0 Å². The molecule has 21 heavy (non-hydrogen) atoms. The molecule has 1 amide bonds. The summed E-state index contributed by atoms with van der Waals surface area (Å²) in [7, 11) is 0. The van der Waals surface area contributed by atoms with Crippen molar-refractivity contribution in [3.05, 3.63) is 68.4 Å². The first-order valence-electron chi connectivity index (χ1n) is 6.34. The maximum absolute atomic E-state index is 14.0. The average molecular weight is 415 g/mol. The van der Waals surface area contributed by atoms with Crippen LogP contribution in [0.2, 0.25) is 0 Å². The summed E-state index contributed by atoms with van der Waals surface area (Å²) in [6.45, 7) is 3.76. The predicted octanol–water partition coefficient (Wildman–Crippen LogP) is 5.02. The van der Waals surface area contributed by atoms with Crippen molar-refractivity contribution in [2.24, 2.45) is 0 Å². The second-order valence-corrected chi connectivity index (χ2v) is 6.96. The van der Waals surface area contributed by atoms with Crippen LogP contribution in [0.4, 0.5) is 4.39 Å². The van der Waals surface area contributed by atoms with Gasteiger partial charge >= 0.3 is 0 Å². The molecule has 0 saturated carbocycles. The second kappa shape index (κ2) is 6.28. The van der Waals surface area contributed by atoms with Crippen LogP contribution in [-0.4, -0.2) is 5.91 Å². The SMILES string of the molecule is CC(C)(NC(=O)c1cccc(Br)c1F)c1ccc(Br)cc1. The van der Waals surface area contributed by atoms with Gasteiger partial charge in [-0.3, -0.25) is 4.79 Å². The van der Waals surface area contributed by atoms with Gasteiger partial charge in [-0.05, 0) is 59.6 Å². The highest BCUT2D eigenvalue weighted by Crippen LogP contribution is 2.24. The molecule has 0 aliphatic heterocycles. The summed E-state index contributed by atoms with van der Waals surface area (Å²) in [5.74, 6) is -0.997. The molecular weight excluding hydrogens is 401 g/mol. The van der Waals surface area contributed by atoms with Crippen molar-refractivity contribution < 1.29 is 9.18 Å². The number of nitrogens with one attached hydrogen (secondary N) is 1. The van der Waals surface area contributed by atoms with Gasteiger partial charge in [-0.15, -0.1) is 0 Å². The zero-order valence-electron chi connectivity index (χ0n) is 11.6. The molecule has 0 saturated heterocycles. The van der Waals surface area contributed by atoms with Crippen molar-refractivity contribution in [2.75, 3.05) is 0 Å². The molecule has 0 radical (unpaired) electrons. The molecule has 2 aromatic carbocycles. The first-order valence-corrected chi connectivity index (χ1v) is 7.92. The van der Waals surface area contributed by atoms with E-state index in [0.29, 0.717) is 0 Å². The number of halogens is 3. The Kier molecular flexibility index (Phi) is 4.84. The van der Waals surface area contributed by atoms with Crippen LogP contribution < -0.4 is 5.32 Å². The Morgan fingerprint density at radius 2 is 1.71 bits per heavy atom. The minimum absolute atomic E-state index is 0.0227. The summed E-state index contributed by atoms with van der Waals surface area (Å²) in [5, 5.41) is 2.86. The van der Waals surface area contributed by atoms with Crippen molar-refractivity contribution in [3.8, 4) is 0 Å². The van der Waals surface area contributed by atoms with Crippen molar-refractivity contribution in [1.82, 2.24) is 5.32 Å². The smallest absolute Gasteiger partial charge is 0.254 e. The van der Waals surface area contributed by atoms with Gasteiger partial charge in [0.2, 0.25) is 0 Å². The molecule has 0 heterocycles. The Balaban J connectivity index is 2.25. The van der Waals surface area contributed by atoms with Gasteiger partial charge in [0, 0.05) is 4.47 Å². The Labute approximate surface area is 140 Å². The lowest BCUT2D eigenvalue weighted by Gasteiger charge is -2.27. The van der Waals surface area contributed by atoms with E-state index in [9.17, 15) is 9.18 Å². The van der Waals surface area contributed by atoms with Crippen LogP contribution in [0.1, 0.15) is 29.8 Å². The minimum Gasteiger partial charge on any atom is -0.343 e. The van der Waals surface area contributed by atoms with Crippen molar-refractivity contribution in [1.29, 1.82) is 0 Å². The standard InChI is InChI=1S/C16H14Br2FNO/c1-16(2,10-6-8-11(17)9-7-10)20-15(21)12-4-3-5-13(18)14(12)19/h3-9H,1-2H3,(H,20,21). The second-order valence-electron chi connectivity index (χ2n) is 5.19. The zero-order chi connectivity index (χ0) is 15.6. The summed E-state index contributed by atoms with van der Waals surface area (Å²) < 4.78 is 15.2. The number of benzene rings is 2. The van der Waals surface area contributed by atoms with E-state index in [-0.39, 0.29) is 10.0 Å². The molecule has 110 valence electrons. The topological polar surface area (TPSA) is 29.1 Å². The lowest BCUT2D eigenvalue weighted by Crippen LogP contribution is -2.41. The first kappa shape index (κ1) is 16.2. The average Bonchev–Trinajstić information content (AvgIpc) is 2.41. The molecule has 2 nitrogen and oxygen atoms in total. The van der Waals surface area contributed by atoms with E-state index in [2.05, 4.69) is 37.2 Å². The summed E-state index contributed by atoms with van der Waals surface area (Å²) in [5.41, 5.74) is 0.357. The van der Waals surface area contributed by atoms with E-state index in [4.69, 9.17) is 0 Å². The fourth-order valence-corrected chi connectivity index (χ4v) is 2.60. The Bertz CT molecular complexity index is 668. The van der Waals surface area contributed by atoms with Crippen LogP contribution in [0.15, 0.2) is 51.4 Å². The van der Waals surface area contributed by atoms with E-state index >= 15 is 0 Å². The number of rotatable bonds is 3. The molecule has 0 aliphatic rings. The third-order valence-electron chi connectivity index (χ3n) is 3.19. The Morgan fingerprint density at radius 3 is 2.33 bits per heavy atom. The van der Waals surface area contributed by atoms with Crippen molar-refractivity contribution >= 4 is 37.8 Å². The van der Waals surface area contributed by atoms with Crippen LogP contribution in [0.25, 0.3) is 0 Å². The van der Waals surface area contributed by atoms with Gasteiger partial charge in [-0.1, -0.05) is 34.1 Å². The molecular formula is C16H14Br2FNO. The first-order chi connectivity index (χ1) is 9.81. The molecule has 2 rings (SSSR count). The highest BCUT2D eigenvalue weighted by Gasteiger charge is 2.25. The third kappa shape index (κ3) is 3.71. The summed E-state index contributed by atoms with van der Waals surface area (Å²) >= 11 is 6.46. The summed E-state index contributed by atoms with van der Waals surface area (Å²) in [6.07, 6.45) is 0. The number of carbonyl (C=O) groups is 1. The normalized spacial score (nSPS) is 11.3. The molecule has 0 bridgehead atoms. The van der Waals surface area contributed by atoms with Crippen LogP contribution in [0, 0.1) is 5.82 Å². The number of carbonyl (C=O) groups excluding carboxylic acids is 1. The molecule has 1 N–H and O–H groups in total. The van der Waals surface area contributed by atoms with Crippen molar-refractivity contribution in [3.63, 3.8) is 0 Å². The lowest BCUT2D eigenvalue weighted by molar-refractivity contribution is 0.0907. The summed E-state index contributed by atoms with van der Waals surface area (Å²) in [6, 6.07) is 12.3. The monoisotopic (exact) mass is 413 g/mol. The summed E-state index contributed by atoms with van der Waals surface area (Å²) in [4.78, 5) is 12.3. The lowest BCUT2D eigenvalue weighted by atomic mass is 9.94. The van der Waals surface area contributed by atoms with E-state index < -0.39 is 17.3 Å². The van der Waals surface area contributed by atoms with Gasteiger partial charge in [0.05, 0.1) is 15.6 Å². The number of hydrogen-bond acceptors (Lipinski definition) is 1. The fraction of sp³-hybridized carbons (Fsp3) is 0.188. The largest absolute Gasteiger partial charge is 0.343 e. The molecule has 2 aromatic rings. The van der Waals surface area contributed by atoms with Gasteiger partial charge in [-0.25, -0.2) is 4.39 Å². The molecule has 0 spiro atoms.